The zero-order valence-electron chi connectivity index (χ0n) is 12.0. The lowest BCUT2D eigenvalue weighted by atomic mass is 10.2. The monoisotopic (exact) mass is 250 g/mol. The van der Waals surface area contributed by atoms with Crippen LogP contribution in [0.5, 0.6) is 5.75 Å². The van der Waals surface area contributed by atoms with Crippen LogP contribution in [0.25, 0.3) is 0 Å². The number of nitrogens with one attached hydrogen (secondary N) is 2. The number of benzene rings is 1. The van der Waals surface area contributed by atoms with Crippen LogP contribution >= 0.6 is 0 Å². The molecule has 2 N–H and O–H groups in total. The molecule has 0 bridgehead atoms. The fourth-order valence-corrected chi connectivity index (χ4v) is 1.64. The highest BCUT2D eigenvalue weighted by molar-refractivity contribution is 5.27. The summed E-state index contributed by atoms with van der Waals surface area (Å²) in [5.41, 5.74) is 1.29. The topological polar surface area (TPSA) is 33.3 Å². The predicted molar refractivity (Wildman–Crippen MR) is 77.1 cm³/mol. The minimum atomic E-state index is 0.232. The summed E-state index contributed by atoms with van der Waals surface area (Å²) < 4.78 is 5.61. The largest absolute Gasteiger partial charge is 0.491 e. The highest BCUT2D eigenvalue weighted by Crippen LogP contribution is 2.13. The fourth-order valence-electron chi connectivity index (χ4n) is 1.64. The van der Waals surface area contributed by atoms with E-state index in [1.165, 1.54) is 5.56 Å². The van der Waals surface area contributed by atoms with E-state index >= 15 is 0 Å². The van der Waals surface area contributed by atoms with Crippen LogP contribution in [-0.2, 0) is 6.54 Å². The van der Waals surface area contributed by atoms with Gasteiger partial charge in [-0.2, -0.15) is 0 Å². The molecule has 0 aliphatic carbocycles. The fraction of sp³-hybridized carbons (Fsp3) is 0.600. The SMILES string of the molecule is CC(C)NCCNCc1ccc(OC(C)C)cc1. The predicted octanol–water partition coefficient (Wildman–Crippen LogP) is 2.56. The maximum atomic E-state index is 5.61. The van der Waals surface area contributed by atoms with Gasteiger partial charge < -0.3 is 15.4 Å². The van der Waals surface area contributed by atoms with Crippen LogP contribution < -0.4 is 15.4 Å². The summed E-state index contributed by atoms with van der Waals surface area (Å²) in [6.45, 7) is 11.3. The first-order valence-corrected chi connectivity index (χ1v) is 6.77. The molecule has 1 rings (SSSR count). The van der Waals surface area contributed by atoms with Gasteiger partial charge in [-0.25, -0.2) is 0 Å². The van der Waals surface area contributed by atoms with Crippen molar-refractivity contribution >= 4 is 0 Å². The van der Waals surface area contributed by atoms with Crippen molar-refractivity contribution in [2.45, 2.75) is 46.4 Å². The second-order valence-electron chi connectivity index (χ2n) is 5.10. The summed E-state index contributed by atoms with van der Waals surface area (Å²) in [4.78, 5) is 0. The van der Waals surface area contributed by atoms with Crippen molar-refractivity contribution in [2.24, 2.45) is 0 Å². The maximum Gasteiger partial charge on any atom is 0.119 e. The molecule has 0 saturated carbocycles. The molecule has 0 unspecified atom stereocenters. The minimum absolute atomic E-state index is 0.232. The van der Waals surface area contributed by atoms with E-state index in [2.05, 4.69) is 36.6 Å². The van der Waals surface area contributed by atoms with Crippen LogP contribution in [0.4, 0.5) is 0 Å². The Morgan fingerprint density at radius 3 is 2.22 bits per heavy atom. The molecule has 0 aromatic heterocycles. The van der Waals surface area contributed by atoms with Crippen molar-refractivity contribution in [3.63, 3.8) is 0 Å². The maximum absolute atomic E-state index is 5.61. The second-order valence-corrected chi connectivity index (χ2v) is 5.10. The molecule has 0 fully saturated rings. The van der Waals surface area contributed by atoms with Crippen molar-refractivity contribution in [3.8, 4) is 5.75 Å². The molecule has 0 radical (unpaired) electrons. The van der Waals surface area contributed by atoms with Gasteiger partial charge in [-0.15, -0.1) is 0 Å². The molecule has 0 saturated heterocycles. The Morgan fingerprint density at radius 2 is 1.67 bits per heavy atom. The molecule has 0 aliphatic rings. The second kappa shape index (κ2) is 8.11. The Morgan fingerprint density at radius 1 is 1.00 bits per heavy atom. The number of hydrogen-bond acceptors (Lipinski definition) is 3. The third-order valence-corrected chi connectivity index (χ3v) is 2.48. The van der Waals surface area contributed by atoms with Crippen LogP contribution in [0.1, 0.15) is 33.3 Å². The van der Waals surface area contributed by atoms with Crippen LogP contribution in [0.3, 0.4) is 0 Å². The van der Waals surface area contributed by atoms with Crippen molar-refractivity contribution in [3.05, 3.63) is 29.8 Å². The summed E-state index contributed by atoms with van der Waals surface area (Å²) in [6, 6.07) is 8.84. The molecule has 0 atom stereocenters. The van der Waals surface area contributed by atoms with E-state index in [-0.39, 0.29) is 6.10 Å². The summed E-state index contributed by atoms with van der Waals surface area (Å²) in [5, 5.41) is 6.79. The van der Waals surface area contributed by atoms with Gasteiger partial charge in [0.1, 0.15) is 5.75 Å². The van der Waals surface area contributed by atoms with Gasteiger partial charge in [-0.3, -0.25) is 0 Å². The average Bonchev–Trinajstić information content (AvgIpc) is 2.30. The van der Waals surface area contributed by atoms with Gasteiger partial charge in [0.2, 0.25) is 0 Å². The summed E-state index contributed by atoms with van der Waals surface area (Å²) in [7, 11) is 0. The minimum Gasteiger partial charge on any atom is -0.491 e. The van der Waals surface area contributed by atoms with E-state index in [1.807, 2.05) is 26.0 Å². The first kappa shape index (κ1) is 15.0. The molecule has 18 heavy (non-hydrogen) atoms. The quantitative estimate of drug-likeness (QED) is 0.696. The van der Waals surface area contributed by atoms with Gasteiger partial charge in [0, 0.05) is 25.7 Å². The van der Waals surface area contributed by atoms with Gasteiger partial charge >= 0.3 is 0 Å². The smallest absolute Gasteiger partial charge is 0.119 e. The lowest BCUT2D eigenvalue weighted by Crippen LogP contribution is -2.31. The summed E-state index contributed by atoms with van der Waals surface area (Å²) in [5.74, 6) is 0.940. The summed E-state index contributed by atoms with van der Waals surface area (Å²) in [6.07, 6.45) is 0.232. The molecule has 0 spiro atoms. The molecular formula is C15H26N2O. The van der Waals surface area contributed by atoms with E-state index in [1.54, 1.807) is 0 Å². The highest BCUT2D eigenvalue weighted by atomic mass is 16.5. The van der Waals surface area contributed by atoms with Gasteiger partial charge in [-0.1, -0.05) is 26.0 Å². The Bertz CT molecular complexity index is 320. The van der Waals surface area contributed by atoms with Crippen molar-refractivity contribution in [2.75, 3.05) is 13.1 Å². The molecule has 0 aliphatic heterocycles. The Balaban J connectivity index is 2.22. The van der Waals surface area contributed by atoms with Gasteiger partial charge in [0.05, 0.1) is 6.10 Å². The van der Waals surface area contributed by atoms with Crippen LogP contribution in [0, 0.1) is 0 Å². The third kappa shape index (κ3) is 6.62. The lowest BCUT2D eigenvalue weighted by Gasteiger charge is -2.11. The standard InChI is InChI=1S/C15H26N2O/c1-12(2)17-10-9-16-11-14-5-7-15(8-6-14)18-13(3)4/h5-8,12-13,16-17H,9-11H2,1-4H3. The molecular weight excluding hydrogens is 224 g/mol. The molecule has 1 aromatic carbocycles. The third-order valence-electron chi connectivity index (χ3n) is 2.48. The lowest BCUT2D eigenvalue weighted by molar-refractivity contribution is 0.242. The summed E-state index contributed by atoms with van der Waals surface area (Å²) >= 11 is 0. The molecule has 0 amide bonds. The highest BCUT2D eigenvalue weighted by Gasteiger charge is 1.98. The Labute approximate surface area is 111 Å². The molecule has 1 aromatic rings. The Hall–Kier alpha value is -1.06. The van der Waals surface area contributed by atoms with Gasteiger partial charge in [0.15, 0.2) is 0 Å². The zero-order valence-corrected chi connectivity index (χ0v) is 12.0. The van der Waals surface area contributed by atoms with Crippen molar-refractivity contribution in [1.29, 1.82) is 0 Å². The van der Waals surface area contributed by atoms with E-state index in [4.69, 9.17) is 4.74 Å². The number of hydrogen-bond donors (Lipinski definition) is 2. The number of ether oxygens (including phenoxy) is 1. The molecule has 102 valence electrons. The van der Waals surface area contributed by atoms with E-state index in [0.29, 0.717) is 6.04 Å². The van der Waals surface area contributed by atoms with Gasteiger partial charge in [0.25, 0.3) is 0 Å². The van der Waals surface area contributed by atoms with E-state index in [0.717, 1.165) is 25.4 Å². The number of rotatable bonds is 8. The Kier molecular flexibility index (Phi) is 6.76. The average molecular weight is 250 g/mol. The van der Waals surface area contributed by atoms with Crippen molar-refractivity contribution < 1.29 is 4.74 Å². The first-order chi connectivity index (χ1) is 8.58. The molecule has 3 nitrogen and oxygen atoms in total. The van der Waals surface area contributed by atoms with Crippen LogP contribution in [-0.4, -0.2) is 25.2 Å². The zero-order chi connectivity index (χ0) is 13.4. The normalized spacial score (nSPS) is 11.2. The van der Waals surface area contributed by atoms with Crippen molar-refractivity contribution in [1.82, 2.24) is 10.6 Å². The van der Waals surface area contributed by atoms with E-state index < -0.39 is 0 Å². The first-order valence-electron chi connectivity index (χ1n) is 6.77. The van der Waals surface area contributed by atoms with Gasteiger partial charge in [-0.05, 0) is 31.5 Å². The van der Waals surface area contributed by atoms with Crippen LogP contribution in [0.15, 0.2) is 24.3 Å². The molecule has 0 heterocycles. The van der Waals surface area contributed by atoms with Crippen LogP contribution in [0.2, 0.25) is 0 Å². The molecule has 3 heteroatoms. The van der Waals surface area contributed by atoms with E-state index in [9.17, 15) is 0 Å².